The Morgan fingerprint density at radius 2 is 2.25 bits per heavy atom. The molecule has 20 heavy (non-hydrogen) atoms. The summed E-state index contributed by atoms with van der Waals surface area (Å²) in [6.45, 7) is 6.17. The number of carbonyl (C=O) groups is 1. The van der Waals surface area contributed by atoms with Gasteiger partial charge in [0.1, 0.15) is 5.78 Å². The van der Waals surface area contributed by atoms with E-state index in [1.165, 1.54) is 5.56 Å². The molecule has 3 heteroatoms. The SMILES string of the molecule is CCCC1(C(=O)Cc2ccc(CC)cn2)CCCNC1. The fraction of sp³-hybridized carbons (Fsp3) is 0.647. The van der Waals surface area contributed by atoms with Gasteiger partial charge in [-0.3, -0.25) is 9.78 Å². The summed E-state index contributed by atoms with van der Waals surface area (Å²) >= 11 is 0. The molecule has 0 aliphatic carbocycles. The van der Waals surface area contributed by atoms with E-state index in [2.05, 4.69) is 30.2 Å². The van der Waals surface area contributed by atoms with Crippen LogP contribution in [0, 0.1) is 5.41 Å². The van der Waals surface area contributed by atoms with Crippen molar-refractivity contribution in [2.24, 2.45) is 5.41 Å². The van der Waals surface area contributed by atoms with E-state index in [1.807, 2.05) is 12.3 Å². The van der Waals surface area contributed by atoms with Crippen LogP contribution in [-0.2, 0) is 17.6 Å². The van der Waals surface area contributed by atoms with Crippen molar-refractivity contribution in [2.45, 2.75) is 52.4 Å². The molecule has 0 bridgehead atoms. The lowest BCUT2D eigenvalue weighted by atomic mass is 9.72. The molecule has 1 unspecified atom stereocenters. The molecule has 0 amide bonds. The number of rotatable bonds is 6. The number of nitrogens with one attached hydrogen (secondary N) is 1. The molecule has 0 saturated carbocycles. The van der Waals surface area contributed by atoms with Crippen LogP contribution >= 0.6 is 0 Å². The normalized spacial score (nSPS) is 22.7. The van der Waals surface area contributed by atoms with Crippen LogP contribution < -0.4 is 5.32 Å². The highest BCUT2D eigenvalue weighted by atomic mass is 16.1. The van der Waals surface area contributed by atoms with Crippen molar-refractivity contribution >= 4 is 5.78 Å². The van der Waals surface area contributed by atoms with Gasteiger partial charge in [0.05, 0.1) is 0 Å². The second-order valence-electron chi connectivity index (χ2n) is 5.92. The van der Waals surface area contributed by atoms with E-state index in [1.54, 1.807) is 0 Å². The molecular weight excluding hydrogens is 248 g/mol. The molecule has 1 aliphatic rings. The minimum atomic E-state index is -0.155. The zero-order valence-electron chi connectivity index (χ0n) is 12.7. The van der Waals surface area contributed by atoms with E-state index < -0.39 is 0 Å². The third kappa shape index (κ3) is 3.45. The predicted octanol–water partition coefficient (Wildman–Crippen LogP) is 2.93. The minimum Gasteiger partial charge on any atom is -0.316 e. The molecule has 0 radical (unpaired) electrons. The molecule has 2 rings (SSSR count). The van der Waals surface area contributed by atoms with E-state index in [9.17, 15) is 4.79 Å². The second kappa shape index (κ2) is 6.98. The molecule has 110 valence electrons. The van der Waals surface area contributed by atoms with Crippen LogP contribution in [-0.4, -0.2) is 23.9 Å². The van der Waals surface area contributed by atoms with Crippen LogP contribution in [0.25, 0.3) is 0 Å². The Balaban J connectivity index is 2.07. The Morgan fingerprint density at radius 3 is 2.80 bits per heavy atom. The van der Waals surface area contributed by atoms with Gasteiger partial charge in [0.25, 0.3) is 0 Å². The zero-order valence-corrected chi connectivity index (χ0v) is 12.7. The number of nitrogens with zero attached hydrogens (tertiary/aromatic N) is 1. The molecule has 1 atom stereocenters. The molecule has 3 nitrogen and oxygen atoms in total. The molecule has 1 aliphatic heterocycles. The number of hydrogen-bond donors (Lipinski definition) is 1. The monoisotopic (exact) mass is 274 g/mol. The van der Waals surface area contributed by atoms with Crippen LogP contribution in [0.4, 0.5) is 0 Å². The van der Waals surface area contributed by atoms with Crippen LogP contribution in [0.1, 0.15) is 50.8 Å². The molecule has 2 heterocycles. The highest BCUT2D eigenvalue weighted by Crippen LogP contribution is 2.33. The van der Waals surface area contributed by atoms with Gasteiger partial charge in [-0.05, 0) is 43.9 Å². The van der Waals surface area contributed by atoms with Gasteiger partial charge >= 0.3 is 0 Å². The van der Waals surface area contributed by atoms with Crippen molar-refractivity contribution in [3.63, 3.8) is 0 Å². The van der Waals surface area contributed by atoms with Crippen molar-refractivity contribution in [2.75, 3.05) is 13.1 Å². The molecule has 1 saturated heterocycles. The Hall–Kier alpha value is -1.22. The number of piperidine rings is 1. The molecule has 1 aromatic heterocycles. The highest BCUT2D eigenvalue weighted by Gasteiger charge is 2.38. The molecule has 1 aromatic rings. The summed E-state index contributed by atoms with van der Waals surface area (Å²) in [4.78, 5) is 17.2. The van der Waals surface area contributed by atoms with E-state index in [0.717, 1.165) is 50.9 Å². The third-order valence-electron chi connectivity index (χ3n) is 4.43. The lowest BCUT2D eigenvalue weighted by Crippen LogP contribution is -2.46. The second-order valence-corrected chi connectivity index (χ2v) is 5.92. The number of carbonyl (C=O) groups excluding carboxylic acids is 1. The summed E-state index contributed by atoms with van der Waals surface area (Å²) < 4.78 is 0. The molecule has 1 fully saturated rings. The predicted molar refractivity (Wildman–Crippen MR) is 81.8 cm³/mol. The first kappa shape index (κ1) is 15.2. The van der Waals surface area contributed by atoms with Crippen LogP contribution in [0.5, 0.6) is 0 Å². The molecule has 0 spiro atoms. The van der Waals surface area contributed by atoms with Crippen molar-refractivity contribution in [1.29, 1.82) is 0 Å². The van der Waals surface area contributed by atoms with E-state index >= 15 is 0 Å². The highest BCUT2D eigenvalue weighted by molar-refractivity contribution is 5.86. The summed E-state index contributed by atoms with van der Waals surface area (Å²) in [5, 5.41) is 3.40. The first-order valence-corrected chi connectivity index (χ1v) is 7.88. The van der Waals surface area contributed by atoms with Crippen LogP contribution in [0.15, 0.2) is 18.3 Å². The fourth-order valence-corrected chi connectivity index (χ4v) is 3.16. The summed E-state index contributed by atoms with van der Waals surface area (Å²) in [5.41, 5.74) is 1.98. The average molecular weight is 274 g/mol. The summed E-state index contributed by atoms with van der Waals surface area (Å²) in [5.74, 6) is 0.364. The van der Waals surface area contributed by atoms with Gasteiger partial charge in [0.15, 0.2) is 0 Å². The minimum absolute atomic E-state index is 0.155. The van der Waals surface area contributed by atoms with E-state index in [4.69, 9.17) is 0 Å². The Kier molecular flexibility index (Phi) is 5.30. The Bertz CT molecular complexity index is 427. The maximum atomic E-state index is 12.8. The lowest BCUT2D eigenvalue weighted by molar-refractivity contribution is -0.129. The Morgan fingerprint density at radius 1 is 1.40 bits per heavy atom. The maximum Gasteiger partial charge on any atom is 0.146 e. The van der Waals surface area contributed by atoms with Gasteiger partial charge in [-0.15, -0.1) is 0 Å². The van der Waals surface area contributed by atoms with Crippen molar-refractivity contribution in [3.8, 4) is 0 Å². The Labute approximate surface area is 122 Å². The topological polar surface area (TPSA) is 42.0 Å². The summed E-state index contributed by atoms with van der Waals surface area (Å²) in [6, 6.07) is 4.09. The van der Waals surface area contributed by atoms with Crippen LogP contribution in [0.2, 0.25) is 0 Å². The van der Waals surface area contributed by atoms with Gasteiger partial charge in [-0.1, -0.05) is 26.3 Å². The third-order valence-corrected chi connectivity index (χ3v) is 4.43. The largest absolute Gasteiger partial charge is 0.316 e. The number of aryl methyl sites for hydroxylation is 1. The summed E-state index contributed by atoms with van der Waals surface area (Å²) in [7, 11) is 0. The number of hydrogen-bond acceptors (Lipinski definition) is 3. The fourth-order valence-electron chi connectivity index (χ4n) is 3.16. The van der Waals surface area contributed by atoms with E-state index in [-0.39, 0.29) is 5.41 Å². The number of ketones is 1. The van der Waals surface area contributed by atoms with Crippen molar-refractivity contribution in [3.05, 3.63) is 29.6 Å². The lowest BCUT2D eigenvalue weighted by Gasteiger charge is -2.36. The van der Waals surface area contributed by atoms with Gasteiger partial charge < -0.3 is 5.32 Å². The first-order chi connectivity index (χ1) is 9.70. The molecular formula is C17H26N2O. The quantitative estimate of drug-likeness (QED) is 0.867. The number of pyridine rings is 1. The van der Waals surface area contributed by atoms with Gasteiger partial charge in [0.2, 0.25) is 0 Å². The number of Topliss-reactive ketones (excluding diaryl/α,β-unsaturated/α-hetero) is 1. The maximum absolute atomic E-state index is 12.8. The molecule has 0 aromatic carbocycles. The number of aromatic nitrogens is 1. The van der Waals surface area contributed by atoms with E-state index in [0.29, 0.717) is 12.2 Å². The summed E-state index contributed by atoms with van der Waals surface area (Å²) in [6.07, 6.45) is 7.56. The first-order valence-electron chi connectivity index (χ1n) is 7.88. The van der Waals surface area contributed by atoms with Crippen molar-refractivity contribution in [1.82, 2.24) is 10.3 Å². The van der Waals surface area contributed by atoms with Gasteiger partial charge in [0, 0.05) is 30.3 Å². The zero-order chi connectivity index (χ0) is 14.4. The van der Waals surface area contributed by atoms with Crippen molar-refractivity contribution < 1.29 is 4.79 Å². The van der Waals surface area contributed by atoms with Gasteiger partial charge in [-0.2, -0.15) is 0 Å². The van der Waals surface area contributed by atoms with Gasteiger partial charge in [-0.25, -0.2) is 0 Å². The van der Waals surface area contributed by atoms with Crippen LogP contribution in [0.3, 0.4) is 0 Å². The average Bonchev–Trinajstić information content (AvgIpc) is 2.49. The smallest absolute Gasteiger partial charge is 0.146 e. The molecule has 1 N–H and O–H groups in total. The standard InChI is InChI=1S/C17H26N2O/c1-3-8-17(9-5-10-18-13-17)16(20)11-15-7-6-14(4-2)12-19-15/h6-7,12,18H,3-5,8-11,13H2,1-2H3.